The predicted octanol–water partition coefficient (Wildman–Crippen LogP) is 28.0. The number of nitrogens with one attached hydrogen (secondary N) is 1. The first-order chi connectivity index (χ1) is 45.0. The van der Waals surface area contributed by atoms with Crippen molar-refractivity contribution in [1.29, 1.82) is 0 Å². The molecule has 0 rings (SSSR count). The monoisotopic (exact) mass is 1280 g/mol. The van der Waals surface area contributed by atoms with Gasteiger partial charge >= 0.3 is 5.97 Å². The van der Waals surface area contributed by atoms with Crippen molar-refractivity contribution in [2.24, 2.45) is 0 Å². The topological polar surface area (TPSA) is 95.9 Å². The highest BCUT2D eigenvalue weighted by Crippen LogP contribution is 2.21. The molecule has 0 aromatic heterocycles. The molecule has 6 heteroatoms. The molecular weight excluding hydrogens is 1110 g/mol. The van der Waals surface area contributed by atoms with E-state index in [1.165, 1.54) is 411 Å². The maximum atomic E-state index is 12.6. The molecule has 2 unspecified atom stereocenters. The van der Waals surface area contributed by atoms with Crippen molar-refractivity contribution in [3.05, 3.63) is 24.3 Å². The quantitative estimate of drug-likeness (QED) is 0.0320. The van der Waals surface area contributed by atoms with Crippen molar-refractivity contribution in [1.82, 2.24) is 5.32 Å². The summed E-state index contributed by atoms with van der Waals surface area (Å²) in [6.45, 7) is 4.95. The number of esters is 1. The minimum absolute atomic E-state index is 0.0155. The van der Waals surface area contributed by atoms with Crippen LogP contribution in [0.4, 0.5) is 0 Å². The van der Waals surface area contributed by atoms with Crippen LogP contribution < -0.4 is 5.32 Å². The van der Waals surface area contributed by atoms with Crippen molar-refractivity contribution in [3.8, 4) is 0 Å². The summed E-state index contributed by atoms with van der Waals surface area (Å²) >= 11 is 0. The molecule has 540 valence electrons. The average molecular weight is 1280 g/mol. The van der Waals surface area contributed by atoms with Gasteiger partial charge in [-0.1, -0.05) is 436 Å². The van der Waals surface area contributed by atoms with Gasteiger partial charge in [-0.05, 0) is 57.8 Å². The first-order valence-corrected chi connectivity index (χ1v) is 42.1. The molecule has 0 saturated heterocycles. The van der Waals surface area contributed by atoms with Gasteiger partial charge in [0.25, 0.3) is 0 Å². The molecular formula is C85H165NO5. The Morgan fingerprint density at radius 3 is 0.780 bits per heavy atom. The number of ether oxygens (including phenoxy) is 1. The summed E-state index contributed by atoms with van der Waals surface area (Å²) in [6.07, 6.45) is 105. The van der Waals surface area contributed by atoms with E-state index in [0.29, 0.717) is 19.4 Å². The maximum absolute atomic E-state index is 12.6. The lowest BCUT2D eigenvalue weighted by Gasteiger charge is -2.20. The van der Waals surface area contributed by atoms with Crippen LogP contribution in [-0.2, 0) is 14.3 Å². The third-order valence-electron chi connectivity index (χ3n) is 20.0. The third-order valence-corrected chi connectivity index (χ3v) is 20.0. The first-order valence-electron chi connectivity index (χ1n) is 42.1. The van der Waals surface area contributed by atoms with Crippen molar-refractivity contribution >= 4 is 11.9 Å². The lowest BCUT2D eigenvalue weighted by molar-refractivity contribution is -0.143. The number of carbonyl (C=O) groups excluding carboxylic acids is 2. The van der Waals surface area contributed by atoms with Gasteiger partial charge in [0.1, 0.15) is 0 Å². The predicted molar refractivity (Wildman–Crippen MR) is 403 cm³/mol. The van der Waals surface area contributed by atoms with Crippen LogP contribution in [0.25, 0.3) is 0 Å². The van der Waals surface area contributed by atoms with Crippen LogP contribution in [0, 0.1) is 0 Å². The zero-order valence-electron chi connectivity index (χ0n) is 62.1. The second-order valence-corrected chi connectivity index (χ2v) is 29.2. The Morgan fingerprint density at radius 2 is 0.516 bits per heavy atom. The lowest BCUT2D eigenvalue weighted by Crippen LogP contribution is -2.45. The van der Waals surface area contributed by atoms with E-state index in [2.05, 4.69) is 31.3 Å². The molecule has 6 nitrogen and oxygen atoms in total. The molecule has 0 aliphatic heterocycles. The normalized spacial score (nSPS) is 12.5. The van der Waals surface area contributed by atoms with Crippen LogP contribution in [-0.4, -0.2) is 47.4 Å². The molecule has 0 bridgehead atoms. The van der Waals surface area contributed by atoms with E-state index >= 15 is 0 Å². The minimum atomic E-state index is -0.842. The van der Waals surface area contributed by atoms with E-state index in [1.54, 1.807) is 6.08 Å². The number of allylic oxidation sites excluding steroid dienone is 3. The summed E-state index contributed by atoms with van der Waals surface area (Å²) in [5.74, 6) is -0.0415. The zero-order valence-corrected chi connectivity index (χ0v) is 62.1. The number of amides is 1. The molecule has 0 aliphatic carbocycles. The van der Waals surface area contributed by atoms with Crippen molar-refractivity contribution < 1.29 is 24.5 Å². The maximum Gasteiger partial charge on any atom is 0.305 e. The molecule has 3 N–H and O–H groups in total. The molecule has 0 fully saturated rings. The van der Waals surface area contributed by atoms with Gasteiger partial charge in [-0.2, -0.15) is 0 Å². The van der Waals surface area contributed by atoms with Crippen LogP contribution in [0.1, 0.15) is 483 Å². The largest absolute Gasteiger partial charge is 0.466 e. The van der Waals surface area contributed by atoms with E-state index in [-0.39, 0.29) is 18.5 Å². The fraction of sp³-hybridized carbons (Fsp3) is 0.929. The van der Waals surface area contributed by atoms with Crippen LogP contribution in [0.15, 0.2) is 24.3 Å². The fourth-order valence-electron chi connectivity index (χ4n) is 13.6. The number of hydrogen-bond acceptors (Lipinski definition) is 5. The Morgan fingerprint density at radius 1 is 0.297 bits per heavy atom. The summed E-state index contributed by atoms with van der Waals surface area (Å²) in [5.41, 5.74) is 0. The van der Waals surface area contributed by atoms with Crippen LogP contribution in [0.2, 0.25) is 0 Å². The summed E-state index contributed by atoms with van der Waals surface area (Å²) in [4.78, 5) is 24.7. The van der Waals surface area contributed by atoms with Gasteiger partial charge in [0, 0.05) is 12.8 Å². The Labute approximate surface area is 571 Å². The molecule has 0 aromatic rings. The number of aliphatic hydroxyl groups is 2. The number of unbranched alkanes of at least 4 members (excludes halogenated alkanes) is 67. The second-order valence-electron chi connectivity index (χ2n) is 29.2. The Balaban J connectivity index is 3.34. The highest BCUT2D eigenvalue weighted by atomic mass is 16.5. The smallest absolute Gasteiger partial charge is 0.305 e. The van der Waals surface area contributed by atoms with E-state index < -0.39 is 12.1 Å². The minimum Gasteiger partial charge on any atom is -0.466 e. The standard InChI is InChI=1S/C85H165NO5/c1-3-5-7-9-11-13-15-17-19-20-21-22-23-37-40-43-46-50-53-57-61-65-69-73-77-83(88)82(81-87)86-84(89)78-74-70-66-62-58-54-51-47-44-41-38-35-33-31-29-27-25-24-26-28-30-32-34-36-39-42-45-48-52-56-60-64-68-72-76-80-91-85(90)79-75-71-67-63-59-55-49-18-16-14-12-10-8-6-4-2/h18,49,73,77,82-83,87-88H,3-17,19-48,50-72,74-76,78-81H2,1-2H3,(H,86,89)/b49-18-,77-73+. The Hall–Kier alpha value is -1.66. The second kappa shape index (κ2) is 80.8. The summed E-state index contributed by atoms with van der Waals surface area (Å²) in [6, 6.07) is -0.625. The van der Waals surface area contributed by atoms with Crippen LogP contribution in [0.5, 0.6) is 0 Å². The Kier molecular flexibility index (Phi) is 79.3. The van der Waals surface area contributed by atoms with E-state index in [9.17, 15) is 19.8 Å². The number of rotatable bonds is 80. The van der Waals surface area contributed by atoms with Crippen molar-refractivity contribution in [2.45, 2.75) is 495 Å². The molecule has 0 aromatic carbocycles. The number of aliphatic hydroxyl groups excluding tert-OH is 2. The highest BCUT2D eigenvalue weighted by Gasteiger charge is 2.18. The summed E-state index contributed by atoms with van der Waals surface area (Å²) < 4.78 is 5.50. The van der Waals surface area contributed by atoms with Gasteiger partial charge in [-0.3, -0.25) is 9.59 Å². The van der Waals surface area contributed by atoms with Gasteiger partial charge in [0.15, 0.2) is 0 Å². The molecule has 0 aliphatic rings. The summed E-state index contributed by atoms with van der Waals surface area (Å²) in [7, 11) is 0. The Bertz CT molecular complexity index is 1430. The van der Waals surface area contributed by atoms with E-state index in [1.807, 2.05) is 6.08 Å². The van der Waals surface area contributed by atoms with Gasteiger partial charge in [0.05, 0.1) is 25.4 Å². The van der Waals surface area contributed by atoms with Crippen LogP contribution in [0.3, 0.4) is 0 Å². The van der Waals surface area contributed by atoms with Gasteiger partial charge < -0.3 is 20.3 Å². The molecule has 0 spiro atoms. The molecule has 0 radical (unpaired) electrons. The van der Waals surface area contributed by atoms with Crippen LogP contribution >= 0.6 is 0 Å². The van der Waals surface area contributed by atoms with Crippen molar-refractivity contribution in [3.63, 3.8) is 0 Å². The third kappa shape index (κ3) is 77.2. The summed E-state index contributed by atoms with van der Waals surface area (Å²) in [5, 5.41) is 23.3. The van der Waals surface area contributed by atoms with E-state index in [0.717, 1.165) is 44.9 Å². The number of carbonyl (C=O) groups is 2. The molecule has 91 heavy (non-hydrogen) atoms. The highest BCUT2D eigenvalue weighted by molar-refractivity contribution is 5.76. The van der Waals surface area contributed by atoms with Crippen molar-refractivity contribution in [2.75, 3.05) is 13.2 Å². The first kappa shape index (κ1) is 89.3. The zero-order chi connectivity index (χ0) is 65.6. The SMILES string of the molecule is CCCCCCCC/C=C\CCCCCCCC(=O)OCCCCCCCCCCCCCCCCCCCCCCCCCCCCCCCCCCCCCC(=O)NC(CO)C(O)/C=C/CCCCCCCCCCCCCCCCCCCCCCCC. The number of hydrogen-bond donors (Lipinski definition) is 3. The van der Waals surface area contributed by atoms with E-state index in [4.69, 9.17) is 4.74 Å². The molecule has 1 amide bonds. The van der Waals surface area contributed by atoms with Gasteiger partial charge in [-0.25, -0.2) is 0 Å². The molecule has 0 saturated carbocycles. The van der Waals surface area contributed by atoms with Gasteiger partial charge in [-0.15, -0.1) is 0 Å². The molecule has 0 heterocycles. The average Bonchev–Trinajstić information content (AvgIpc) is 3.75. The van der Waals surface area contributed by atoms with Gasteiger partial charge in [0.2, 0.25) is 5.91 Å². The fourth-order valence-corrected chi connectivity index (χ4v) is 13.6. The molecule has 2 atom stereocenters. The lowest BCUT2D eigenvalue weighted by atomic mass is 10.0.